The number of hydrogen-bond donors (Lipinski definition) is 0. The van der Waals surface area contributed by atoms with Gasteiger partial charge in [-0.05, 0) is 97.1 Å². The van der Waals surface area contributed by atoms with E-state index >= 15 is 0 Å². The monoisotopic (exact) mass is 632 g/mol. The Labute approximate surface area is 222 Å². The van der Waals surface area contributed by atoms with E-state index in [1.165, 1.54) is 58.3 Å². The molecule has 0 radical (unpaired) electrons. The Balaban J connectivity index is 0.000000223. The largest absolute Gasteiger partial charge is 2.00 e. The molecule has 5 fully saturated rings. The Bertz CT molecular complexity index is 500. The maximum Gasteiger partial charge on any atom is 2.00 e. The van der Waals surface area contributed by atoms with Gasteiger partial charge in [0.15, 0.2) is 0 Å². The summed E-state index contributed by atoms with van der Waals surface area (Å²) >= 11 is 0. The van der Waals surface area contributed by atoms with Gasteiger partial charge in [-0.1, -0.05) is 27.7 Å². The molecule has 4 nitrogen and oxygen atoms in total. The first-order valence-corrected chi connectivity index (χ1v) is 13.5. The van der Waals surface area contributed by atoms with Crippen molar-refractivity contribution in [1.29, 1.82) is 0 Å². The first-order valence-electron chi connectivity index (χ1n) is 13.5. The number of rotatable bonds is 3. The van der Waals surface area contributed by atoms with Crippen LogP contribution in [-0.2, 0) is 21.1 Å². The standard InChI is InChI=1S/C9H17N.C8H17N.C7H13N.C4H9N.W/c1-7-5-8-3-4-9(6-7)10(8)2;1-6-8(4)9(5)7(2)3;1-5-6-3-8(2)4-7(5)6;1-5-3-2-4-5;/h7-9H,3-6H2,1-2H3;6-8H,2H2,1,3-5H3;5-7H,3-4H2,1-2H3;2-4H2,1H3;/q;-2;;;+2. The molecule has 4 aliphatic heterocycles. The first-order chi connectivity index (χ1) is 15.0. The molecule has 0 aromatic carbocycles. The molecule has 4 heterocycles. The SMILES string of the molecule is CC1C2CN(C)CC12.CC1CC2CCC(C1)N2C.CN1CCC1.[CH2-]C(C)N(C)C(C)[CH-]C.[W+2]. The maximum atomic E-state index is 3.91. The minimum Gasteiger partial charge on any atom is -0.360 e. The third-order valence-corrected chi connectivity index (χ3v) is 9.04. The van der Waals surface area contributed by atoms with Crippen LogP contribution in [0.1, 0.15) is 66.7 Å². The number of fused-ring (bicyclic) bond motifs is 3. The normalized spacial score (nSPS) is 36.5. The van der Waals surface area contributed by atoms with Gasteiger partial charge in [-0.3, -0.25) is 0 Å². The Morgan fingerprint density at radius 3 is 1.64 bits per heavy atom. The van der Waals surface area contributed by atoms with Gasteiger partial charge in [-0.15, -0.1) is 12.1 Å². The first kappa shape index (κ1) is 31.6. The molecule has 0 N–H and O–H groups in total. The zero-order valence-electron chi connectivity index (χ0n) is 23.5. The van der Waals surface area contributed by atoms with Crippen molar-refractivity contribution in [3.05, 3.63) is 13.3 Å². The molecule has 5 aliphatic rings. The molecule has 0 aromatic rings. The topological polar surface area (TPSA) is 13.0 Å². The molecule has 1 saturated carbocycles. The summed E-state index contributed by atoms with van der Waals surface area (Å²) in [5.41, 5.74) is 0. The van der Waals surface area contributed by atoms with Crippen molar-refractivity contribution in [3.8, 4) is 0 Å². The van der Waals surface area contributed by atoms with Crippen molar-refractivity contribution in [2.24, 2.45) is 23.7 Å². The summed E-state index contributed by atoms with van der Waals surface area (Å²) in [5.74, 6) is 4.22. The number of likely N-dealkylation sites (tertiary alicyclic amines) is 2. The van der Waals surface area contributed by atoms with Crippen LogP contribution in [0.3, 0.4) is 0 Å². The maximum absolute atomic E-state index is 3.91. The van der Waals surface area contributed by atoms with Gasteiger partial charge in [0.2, 0.25) is 0 Å². The smallest absolute Gasteiger partial charge is 0.360 e. The van der Waals surface area contributed by atoms with Crippen LogP contribution in [0, 0.1) is 37.0 Å². The molecule has 0 amide bonds. The van der Waals surface area contributed by atoms with Crippen LogP contribution in [0.2, 0.25) is 0 Å². The molecule has 194 valence electrons. The van der Waals surface area contributed by atoms with Crippen LogP contribution in [0.25, 0.3) is 0 Å². The van der Waals surface area contributed by atoms with Crippen LogP contribution < -0.4 is 0 Å². The number of hydrogen-bond acceptors (Lipinski definition) is 4. The quantitative estimate of drug-likeness (QED) is 0.416. The van der Waals surface area contributed by atoms with Crippen molar-refractivity contribution in [2.75, 3.05) is 54.4 Å². The summed E-state index contributed by atoms with van der Waals surface area (Å²) in [6.45, 7) is 20.4. The molecule has 4 saturated heterocycles. The van der Waals surface area contributed by atoms with E-state index in [0.717, 1.165) is 35.8 Å². The zero-order chi connectivity index (χ0) is 24.0. The second-order valence-electron chi connectivity index (χ2n) is 11.8. The molecule has 1 aliphatic carbocycles. The van der Waals surface area contributed by atoms with Crippen LogP contribution in [0.15, 0.2) is 0 Å². The van der Waals surface area contributed by atoms with Gasteiger partial charge >= 0.3 is 21.1 Å². The molecular formula is C28H56N4W. The van der Waals surface area contributed by atoms with Crippen molar-refractivity contribution in [1.82, 2.24) is 19.6 Å². The van der Waals surface area contributed by atoms with Crippen molar-refractivity contribution >= 4 is 0 Å². The molecule has 0 spiro atoms. The average molecular weight is 633 g/mol. The second kappa shape index (κ2) is 14.9. The van der Waals surface area contributed by atoms with E-state index in [2.05, 4.69) is 95.8 Å². The molecule has 2 bridgehead atoms. The Morgan fingerprint density at radius 1 is 0.909 bits per heavy atom. The van der Waals surface area contributed by atoms with Crippen LogP contribution in [-0.4, -0.2) is 98.1 Å². The number of nitrogens with zero attached hydrogens (tertiary/aromatic N) is 4. The Kier molecular flexibility index (Phi) is 14.3. The van der Waals surface area contributed by atoms with Gasteiger partial charge in [0.1, 0.15) is 0 Å². The van der Waals surface area contributed by atoms with E-state index in [1.54, 1.807) is 0 Å². The summed E-state index contributed by atoms with van der Waals surface area (Å²) in [7, 11) is 8.75. The van der Waals surface area contributed by atoms with Gasteiger partial charge in [-0.25, -0.2) is 0 Å². The van der Waals surface area contributed by atoms with Gasteiger partial charge in [-0.2, -0.15) is 6.92 Å². The molecular weight excluding hydrogens is 576 g/mol. The van der Waals surface area contributed by atoms with Gasteiger partial charge in [0.25, 0.3) is 0 Å². The summed E-state index contributed by atoms with van der Waals surface area (Å²) in [6, 6.07) is 2.82. The molecule has 33 heavy (non-hydrogen) atoms. The molecule has 6 unspecified atom stereocenters. The minimum atomic E-state index is 0. The molecule has 6 atom stereocenters. The molecule has 5 heteroatoms. The third kappa shape index (κ3) is 9.83. The summed E-state index contributed by atoms with van der Waals surface area (Å²) < 4.78 is 0. The van der Waals surface area contributed by atoms with Gasteiger partial charge < -0.3 is 32.9 Å². The van der Waals surface area contributed by atoms with E-state index in [1.807, 2.05) is 0 Å². The van der Waals surface area contributed by atoms with E-state index in [0.29, 0.717) is 12.1 Å². The van der Waals surface area contributed by atoms with E-state index in [-0.39, 0.29) is 21.1 Å². The Hall–Kier alpha value is 0.528. The number of piperidine rings is 2. The summed E-state index contributed by atoms with van der Waals surface area (Å²) in [5, 5.41) is 0. The zero-order valence-corrected chi connectivity index (χ0v) is 26.4. The fourth-order valence-corrected chi connectivity index (χ4v) is 5.83. The van der Waals surface area contributed by atoms with Gasteiger partial charge in [0.05, 0.1) is 0 Å². The van der Waals surface area contributed by atoms with E-state index in [9.17, 15) is 0 Å². The van der Waals surface area contributed by atoms with Gasteiger partial charge in [0, 0.05) is 25.2 Å². The predicted molar refractivity (Wildman–Crippen MR) is 141 cm³/mol. The van der Waals surface area contributed by atoms with Crippen molar-refractivity contribution in [2.45, 2.75) is 90.9 Å². The predicted octanol–water partition coefficient (Wildman–Crippen LogP) is 4.77. The van der Waals surface area contributed by atoms with E-state index in [4.69, 9.17) is 0 Å². The molecule has 5 rings (SSSR count). The van der Waals surface area contributed by atoms with Crippen molar-refractivity contribution in [3.63, 3.8) is 0 Å². The van der Waals surface area contributed by atoms with Crippen molar-refractivity contribution < 1.29 is 21.1 Å². The Morgan fingerprint density at radius 2 is 1.36 bits per heavy atom. The summed E-state index contributed by atoms with van der Waals surface area (Å²) in [4.78, 5) is 9.56. The minimum absolute atomic E-state index is 0. The fourth-order valence-electron chi connectivity index (χ4n) is 5.83. The van der Waals surface area contributed by atoms with Crippen LogP contribution in [0.4, 0.5) is 0 Å². The van der Waals surface area contributed by atoms with E-state index < -0.39 is 0 Å². The summed E-state index contributed by atoms with van der Waals surface area (Å²) in [6.07, 6.45) is 9.41. The van der Waals surface area contributed by atoms with Crippen LogP contribution in [0.5, 0.6) is 0 Å². The third-order valence-electron chi connectivity index (χ3n) is 9.04. The average Bonchev–Trinajstić information content (AvgIpc) is 3.02. The second-order valence-corrected chi connectivity index (χ2v) is 11.8. The van der Waals surface area contributed by atoms with Crippen LogP contribution >= 0.6 is 0 Å². The fraction of sp³-hybridized carbons (Fsp3) is 0.929. The molecule has 0 aromatic heterocycles.